The monoisotopic (exact) mass is 442 g/mol. The van der Waals surface area contributed by atoms with Gasteiger partial charge >= 0.3 is 0 Å². The van der Waals surface area contributed by atoms with Gasteiger partial charge in [-0.2, -0.15) is 0 Å². The fourth-order valence-corrected chi connectivity index (χ4v) is 2.96. The van der Waals surface area contributed by atoms with Crippen LogP contribution >= 0.6 is 24.2 Å². The lowest BCUT2D eigenvalue weighted by Gasteiger charge is -2.10. The van der Waals surface area contributed by atoms with Gasteiger partial charge in [0.1, 0.15) is 21.4 Å². The van der Waals surface area contributed by atoms with Crippen molar-refractivity contribution in [1.29, 1.82) is 10.8 Å². The largest absolute Gasteiger partial charge is 0.491 e. The van der Waals surface area contributed by atoms with Crippen LogP contribution in [-0.4, -0.2) is 55.0 Å². The highest BCUT2D eigenvalue weighted by molar-refractivity contribution is 8.26. The predicted molar refractivity (Wildman–Crippen MR) is 102 cm³/mol. The van der Waals surface area contributed by atoms with E-state index in [4.69, 9.17) is 20.3 Å². The molecule has 150 valence electrons. The first-order valence-electron chi connectivity index (χ1n) is 7.22. The molecule has 0 saturated heterocycles. The zero-order chi connectivity index (χ0) is 19.3. The van der Waals surface area contributed by atoms with E-state index in [1.807, 2.05) is 0 Å². The summed E-state index contributed by atoms with van der Waals surface area (Å²) in [4.78, 5) is 4.00. The summed E-state index contributed by atoms with van der Waals surface area (Å²) in [6.45, 7) is 0.761. The molecule has 2 aromatic heterocycles. The topological polar surface area (TPSA) is 121 Å². The molecule has 0 amide bonds. The van der Waals surface area contributed by atoms with Crippen LogP contribution in [0.1, 0.15) is 12.2 Å². The molecule has 2 rings (SSSR count). The minimum Gasteiger partial charge on any atom is -0.491 e. The average Bonchev–Trinajstić information content (AvgIpc) is 3.02. The lowest BCUT2D eigenvalue weighted by molar-refractivity contribution is 0.172. The Bertz CT molecular complexity index is 850. The fraction of sp³-hybridized carbons (Fsp3) is 0.357. The van der Waals surface area contributed by atoms with Gasteiger partial charge in [-0.25, -0.2) is 18.0 Å². The summed E-state index contributed by atoms with van der Waals surface area (Å²) in [5, 5.41) is 13.7. The highest BCUT2D eigenvalue weighted by atomic mass is 35.5. The second-order valence-electron chi connectivity index (χ2n) is 4.92. The predicted octanol–water partition coefficient (Wildman–Crippen LogP) is 3.05. The number of thioether (sulfide) groups is 1. The molecule has 2 aromatic rings. The van der Waals surface area contributed by atoms with E-state index in [2.05, 4.69) is 4.98 Å². The first-order chi connectivity index (χ1) is 12.3. The van der Waals surface area contributed by atoms with E-state index in [0.717, 1.165) is 0 Å². The minimum atomic E-state index is -2.99. The molecule has 13 heteroatoms. The van der Waals surface area contributed by atoms with Gasteiger partial charge in [0.05, 0.1) is 17.7 Å². The van der Waals surface area contributed by atoms with Crippen molar-refractivity contribution in [1.82, 2.24) is 9.38 Å². The van der Waals surface area contributed by atoms with E-state index >= 15 is 0 Å². The quantitative estimate of drug-likeness (QED) is 0.250. The Balaban J connectivity index is 0.00000364. The number of fused-ring (bicyclic) bond motifs is 1. The molecule has 0 bridgehead atoms. The number of pyridine rings is 1. The standard InChI is InChI=1S/C14H16F2N4O4S2.ClH/c1-23-3-2-4-24-10-5-8(26(21)22)7-20-9(10)6-19-14(20)13(18)25-12(17)11(15)16;/h5-7,11,17-18H,2-4H2,1H3,(H,21,22);1H. The van der Waals surface area contributed by atoms with E-state index in [1.165, 1.54) is 22.9 Å². The van der Waals surface area contributed by atoms with Crippen molar-refractivity contribution in [2.45, 2.75) is 17.7 Å². The van der Waals surface area contributed by atoms with Crippen LogP contribution in [0.15, 0.2) is 23.4 Å². The molecular formula is C14H17ClF2N4O4S2. The zero-order valence-electron chi connectivity index (χ0n) is 14.0. The Kier molecular flexibility index (Phi) is 9.26. The van der Waals surface area contributed by atoms with Crippen LogP contribution in [-0.2, 0) is 15.8 Å². The Morgan fingerprint density at radius 1 is 1.44 bits per heavy atom. The number of alkyl halides is 2. The van der Waals surface area contributed by atoms with Crippen LogP contribution in [0.5, 0.6) is 5.75 Å². The van der Waals surface area contributed by atoms with Crippen molar-refractivity contribution in [3.8, 4) is 5.75 Å². The normalized spacial score (nSPS) is 12.0. The third kappa shape index (κ3) is 5.94. The maximum Gasteiger partial charge on any atom is 0.285 e. The molecule has 0 saturated carbocycles. The average molecular weight is 443 g/mol. The van der Waals surface area contributed by atoms with Crippen molar-refractivity contribution in [3.63, 3.8) is 0 Å². The fourth-order valence-electron chi connectivity index (χ4n) is 2.01. The van der Waals surface area contributed by atoms with Crippen molar-refractivity contribution < 1.29 is 27.0 Å². The summed E-state index contributed by atoms with van der Waals surface area (Å²) < 4.78 is 57.7. The summed E-state index contributed by atoms with van der Waals surface area (Å²) in [6.07, 6.45) is 0.239. The molecule has 0 aliphatic rings. The summed E-state index contributed by atoms with van der Waals surface area (Å²) >= 11 is -2.06. The Labute approximate surface area is 166 Å². The number of imidazole rings is 1. The number of halogens is 3. The number of hydrogen-bond acceptors (Lipinski definition) is 7. The second kappa shape index (κ2) is 10.7. The summed E-state index contributed by atoms with van der Waals surface area (Å²) in [6, 6.07) is 1.38. The number of hydrogen-bond donors (Lipinski definition) is 3. The molecule has 1 atom stereocenters. The van der Waals surface area contributed by atoms with Crippen LogP contribution in [0, 0.1) is 10.8 Å². The van der Waals surface area contributed by atoms with Gasteiger partial charge in [0.2, 0.25) is 0 Å². The molecule has 0 fully saturated rings. The van der Waals surface area contributed by atoms with Gasteiger partial charge in [-0.15, -0.1) is 12.4 Å². The van der Waals surface area contributed by atoms with Gasteiger partial charge in [0.15, 0.2) is 16.9 Å². The molecule has 0 aliphatic heterocycles. The van der Waals surface area contributed by atoms with Gasteiger partial charge < -0.3 is 14.0 Å². The molecule has 3 N–H and O–H groups in total. The highest BCUT2D eigenvalue weighted by Gasteiger charge is 2.20. The van der Waals surface area contributed by atoms with Crippen molar-refractivity contribution in [2.24, 2.45) is 0 Å². The lowest BCUT2D eigenvalue weighted by atomic mass is 10.4. The third-order valence-corrected chi connectivity index (χ3v) is 4.56. The van der Waals surface area contributed by atoms with Gasteiger partial charge in [-0.05, 0) is 11.8 Å². The van der Waals surface area contributed by atoms with Crippen molar-refractivity contribution in [3.05, 3.63) is 24.3 Å². The van der Waals surface area contributed by atoms with Gasteiger partial charge in [0, 0.05) is 32.4 Å². The number of methoxy groups -OCH3 is 1. The molecule has 2 heterocycles. The molecule has 1 unspecified atom stereocenters. The SMILES string of the molecule is COCCCOc1cc(S(=O)O)cn2c(C(=N)SC(=N)C(F)F)ncc12.Cl. The smallest absolute Gasteiger partial charge is 0.285 e. The molecule has 0 radical (unpaired) electrons. The highest BCUT2D eigenvalue weighted by Crippen LogP contribution is 2.26. The van der Waals surface area contributed by atoms with Crippen molar-refractivity contribution >= 4 is 50.9 Å². The van der Waals surface area contributed by atoms with E-state index < -0.39 is 22.5 Å². The second-order valence-corrected chi connectivity index (χ2v) is 6.94. The van der Waals surface area contributed by atoms with E-state index in [0.29, 0.717) is 18.5 Å². The van der Waals surface area contributed by atoms with E-state index in [9.17, 15) is 17.5 Å². The number of ether oxygens (including phenoxy) is 2. The molecule has 27 heavy (non-hydrogen) atoms. The number of nitrogens with one attached hydrogen (secondary N) is 2. The summed E-state index contributed by atoms with van der Waals surface area (Å²) in [7, 11) is 1.55. The number of nitrogens with zero attached hydrogens (tertiary/aromatic N) is 2. The lowest BCUT2D eigenvalue weighted by Crippen LogP contribution is -2.11. The van der Waals surface area contributed by atoms with E-state index in [1.54, 1.807) is 7.11 Å². The van der Waals surface area contributed by atoms with E-state index in [-0.39, 0.29) is 52.3 Å². The minimum absolute atomic E-state index is 0. The third-order valence-electron chi connectivity index (χ3n) is 3.14. The number of aromatic nitrogens is 2. The van der Waals surface area contributed by atoms with Gasteiger partial charge in [0.25, 0.3) is 6.43 Å². The number of rotatable bonds is 8. The molecule has 0 aliphatic carbocycles. The van der Waals surface area contributed by atoms with Crippen LogP contribution in [0.25, 0.3) is 5.52 Å². The van der Waals surface area contributed by atoms with Gasteiger partial charge in [-0.3, -0.25) is 15.2 Å². The maximum absolute atomic E-state index is 12.5. The molecule has 0 aromatic carbocycles. The zero-order valence-corrected chi connectivity index (χ0v) is 16.4. The Morgan fingerprint density at radius 2 is 2.15 bits per heavy atom. The molecule has 0 spiro atoms. The summed E-state index contributed by atoms with van der Waals surface area (Å²) in [5.41, 5.74) is 0.403. The van der Waals surface area contributed by atoms with Crippen molar-refractivity contribution in [2.75, 3.05) is 20.3 Å². The summed E-state index contributed by atoms with van der Waals surface area (Å²) in [5.74, 6) is 0.228. The van der Waals surface area contributed by atoms with Crippen LogP contribution in [0.4, 0.5) is 8.78 Å². The molecule has 8 nitrogen and oxygen atoms in total. The Hall–Kier alpha value is -1.60. The first kappa shape index (κ1) is 23.4. The molecular weight excluding hydrogens is 426 g/mol. The van der Waals surface area contributed by atoms with Gasteiger partial charge in [-0.1, -0.05) is 0 Å². The maximum atomic E-state index is 12.5. The van der Waals surface area contributed by atoms with Crippen LogP contribution in [0.2, 0.25) is 0 Å². The Morgan fingerprint density at radius 3 is 2.74 bits per heavy atom. The first-order valence-corrected chi connectivity index (χ1v) is 9.14. The van der Waals surface area contributed by atoms with Crippen LogP contribution in [0.3, 0.4) is 0 Å². The van der Waals surface area contributed by atoms with Crippen LogP contribution < -0.4 is 4.74 Å².